The van der Waals surface area contributed by atoms with E-state index in [1.807, 2.05) is 24.3 Å². The van der Waals surface area contributed by atoms with Gasteiger partial charge in [-0.2, -0.15) is 0 Å². The van der Waals surface area contributed by atoms with E-state index in [9.17, 15) is 15.0 Å². The van der Waals surface area contributed by atoms with Crippen molar-refractivity contribution in [1.82, 2.24) is 15.0 Å². The van der Waals surface area contributed by atoms with E-state index in [-0.39, 0.29) is 24.4 Å². The van der Waals surface area contributed by atoms with E-state index >= 15 is 0 Å². The van der Waals surface area contributed by atoms with Crippen molar-refractivity contribution in [3.8, 4) is 10.6 Å². The van der Waals surface area contributed by atoms with Crippen molar-refractivity contribution in [2.24, 2.45) is 11.7 Å². The number of hydrogen-bond acceptors (Lipinski definition) is 8. The van der Waals surface area contributed by atoms with Crippen molar-refractivity contribution < 1.29 is 15.0 Å². The van der Waals surface area contributed by atoms with Gasteiger partial charge in [-0.05, 0) is 31.9 Å². The number of aromatic nitrogens is 3. The molecule has 1 aliphatic carbocycles. The largest absolute Gasteiger partial charge is 0.396 e. The second kappa shape index (κ2) is 7.42. The first kappa shape index (κ1) is 18.7. The van der Waals surface area contributed by atoms with Gasteiger partial charge in [-0.15, -0.1) is 11.3 Å². The lowest BCUT2D eigenvalue weighted by Crippen LogP contribution is -2.22. The molecule has 0 spiro atoms. The molecule has 1 saturated carbocycles. The predicted octanol–water partition coefficient (Wildman–Crippen LogP) is 1.70. The Morgan fingerprint density at radius 3 is 2.75 bits per heavy atom. The van der Waals surface area contributed by atoms with Gasteiger partial charge < -0.3 is 21.3 Å². The average molecular weight is 399 g/mol. The molecule has 3 aromatic rings. The number of anilines is 1. The third-order valence-corrected chi connectivity index (χ3v) is 6.10. The molecule has 0 saturated heterocycles. The Morgan fingerprint density at radius 1 is 1.29 bits per heavy atom. The van der Waals surface area contributed by atoms with E-state index in [4.69, 9.17) is 10.7 Å². The summed E-state index contributed by atoms with van der Waals surface area (Å²) in [7, 11) is 0. The van der Waals surface area contributed by atoms with E-state index < -0.39 is 12.0 Å². The number of carbonyl (C=O) groups is 1. The summed E-state index contributed by atoms with van der Waals surface area (Å²) >= 11 is 1.52. The van der Waals surface area contributed by atoms with Crippen LogP contribution in [0.2, 0.25) is 0 Å². The fourth-order valence-corrected chi connectivity index (χ4v) is 4.70. The molecule has 1 amide bonds. The molecule has 8 nitrogen and oxygen atoms in total. The minimum Gasteiger partial charge on any atom is -0.396 e. The number of hydrogen-bond donors (Lipinski definition) is 4. The summed E-state index contributed by atoms with van der Waals surface area (Å²) in [5.41, 5.74) is 7.59. The van der Waals surface area contributed by atoms with Gasteiger partial charge in [-0.1, -0.05) is 12.1 Å². The molecule has 1 aliphatic rings. The lowest BCUT2D eigenvalue weighted by Gasteiger charge is -2.17. The third kappa shape index (κ3) is 3.44. The number of benzene rings is 1. The molecule has 1 aromatic carbocycles. The lowest BCUT2D eigenvalue weighted by molar-refractivity contribution is 0.0908. The number of nitrogens with zero attached hydrogens (tertiary/aromatic N) is 3. The van der Waals surface area contributed by atoms with Gasteiger partial charge in [0.25, 0.3) is 5.91 Å². The Balaban J connectivity index is 1.77. The van der Waals surface area contributed by atoms with Crippen molar-refractivity contribution in [3.05, 3.63) is 35.8 Å². The maximum Gasteiger partial charge on any atom is 0.286 e. The molecule has 5 N–H and O–H groups in total. The van der Waals surface area contributed by atoms with Gasteiger partial charge in [0.05, 0.1) is 27.6 Å². The van der Waals surface area contributed by atoms with E-state index in [2.05, 4.69) is 15.3 Å². The van der Waals surface area contributed by atoms with Crippen LogP contribution in [0.25, 0.3) is 20.8 Å². The normalized spacial score (nSPS) is 21.9. The summed E-state index contributed by atoms with van der Waals surface area (Å²) in [6.07, 6.45) is 0.512. The van der Waals surface area contributed by atoms with Crippen LogP contribution in [-0.2, 0) is 0 Å². The maximum absolute atomic E-state index is 11.7. The lowest BCUT2D eigenvalue weighted by atomic mass is 10.1. The summed E-state index contributed by atoms with van der Waals surface area (Å²) < 4.78 is 1.04. The number of primary amides is 1. The molecular formula is C19H21N5O3S. The van der Waals surface area contributed by atoms with Crippen molar-refractivity contribution in [3.63, 3.8) is 0 Å². The van der Waals surface area contributed by atoms with Crippen molar-refractivity contribution in [1.29, 1.82) is 0 Å². The molecule has 3 atom stereocenters. The SMILES string of the molecule is Cc1nc(C(N)=O)nc(N[C@@H]2C[C@H](CO)[C@@H](O)C2)c1-c1nc2ccccc2s1. The summed E-state index contributed by atoms with van der Waals surface area (Å²) in [6.45, 7) is 1.72. The molecule has 0 bridgehead atoms. The zero-order chi connectivity index (χ0) is 19.8. The van der Waals surface area contributed by atoms with Gasteiger partial charge in [-0.25, -0.2) is 15.0 Å². The van der Waals surface area contributed by atoms with Gasteiger partial charge in [0.2, 0.25) is 5.82 Å². The highest BCUT2D eigenvalue weighted by Crippen LogP contribution is 2.37. The van der Waals surface area contributed by atoms with Gasteiger partial charge in [-0.3, -0.25) is 4.79 Å². The Labute approximate surface area is 165 Å². The van der Waals surface area contributed by atoms with E-state index in [0.29, 0.717) is 29.9 Å². The standard InChI is InChI=1S/C19H21N5O3S/c1-9-15(19-23-12-4-2-3-5-14(12)28-19)17(24-18(21-9)16(20)27)22-11-6-10(8-25)13(26)7-11/h2-5,10-11,13,25-26H,6-8H2,1H3,(H2,20,27)(H,21,22,24)/t10-,11-,13+/m1/s1. The number of para-hydroxylation sites is 1. The Kier molecular flexibility index (Phi) is 4.96. The Bertz CT molecular complexity index is 1000. The summed E-state index contributed by atoms with van der Waals surface area (Å²) in [6, 6.07) is 7.74. The second-order valence-electron chi connectivity index (χ2n) is 7.03. The number of aryl methyl sites for hydroxylation is 1. The zero-order valence-corrected chi connectivity index (χ0v) is 16.1. The highest BCUT2D eigenvalue weighted by Gasteiger charge is 2.33. The number of aliphatic hydroxyl groups is 2. The van der Waals surface area contributed by atoms with Crippen LogP contribution in [0.1, 0.15) is 29.2 Å². The number of aliphatic hydroxyl groups excluding tert-OH is 2. The maximum atomic E-state index is 11.7. The highest BCUT2D eigenvalue weighted by atomic mass is 32.1. The average Bonchev–Trinajstić information content (AvgIpc) is 3.23. The number of rotatable bonds is 5. The van der Waals surface area contributed by atoms with E-state index in [0.717, 1.165) is 15.2 Å². The van der Waals surface area contributed by atoms with Crippen molar-refractivity contribution in [2.75, 3.05) is 11.9 Å². The molecule has 28 heavy (non-hydrogen) atoms. The van der Waals surface area contributed by atoms with E-state index in [1.54, 1.807) is 6.92 Å². The smallest absolute Gasteiger partial charge is 0.286 e. The van der Waals surface area contributed by atoms with Gasteiger partial charge in [0.1, 0.15) is 10.8 Å². The van der Waals surface area contributed by atoms with Crippen LogP contribution in [0.5, 0.6) is 0 Å². The van der Waals surface area contributed by atoms with Crippen LogP contribution in [0.3, 0.4) is 0 Å². The molecule has 146 valence electrons. The quantitative estimate of drug-likeness (QED) is 0.513. The van der Waals surface area contributed by atoms with Crippen LogP contribution in [-0.4, -0.2) is 49.8 Å². The second-order valence-corrected chi connectivity index (χ2v) is 8.06. The Morgan fingerprint density at radius 2 is 2.07 bits per heavy atom. The number of nitrogens with two attached hydrogens (primary N) is 1. The molecule has 2 aromatic heterocycles. The summed E-state index contributed by atoms with van der Waals surface area (Å²) in [5.74, 6) is -0.484. The molecule has 0 unspecified atom stereocenters. The molecule has 0 aliphatic heterocycles. The highest BCUT2D eigenvalue weighted by molar-refractivity contribution is 7.21. The fourth-order valence-electron chi connectivity index (χ4n) is 3.63. The van der Waals surface area contributed by atoms with Gasteiger partial charge in [0, 0.05) is 18.6 Å². The number of fused-ring (bicyclic) bond motifs is 1. The first-order valence-electron chi connectivity index (χ1n) is 9.06. The first-order valence-corrected chi connectivity index (χ1v) is 9.87. The monoisotopic (exact) mass is 399 g/mol. The van der Waals surface area contributed by atoms with E-state index in [1.165, 1.54) is 11.3 Å². The van der Waals surface area contributed by atoms with Crippen molar-refractivity contribution >= 4 is 33.3 Å². The van der Waals surface area contributed by atoms with Crippen LogP contribution in [0.15, 0.2) is 24.3 Å². The topological polar surface area (TPSA) is 134 Å². The molecule has 0 radical (unpaired) electrons. The summed E-state index contributed by atoms with van der Waals surface area (Å²) in [4.78, 5) is 25.0. The third-order valence-electron chi connectivity index (χ3n) is 5.05. The molecule has 1 fully saturated rings. The van der Waals surface area contributed by atoms with Crippen LogP contribution in [0, 0.1) is 12.8 Å². The first-order chi connectivity index (χ1) is 13.5. The predicted molar refractivity (Wildman–Crippen MR) is 107 cm³/mol. The van der Waals surface area contributed by atoms with Crippen LogP contribution >= 0.6 is 11.3 Å². The van der Waals surface area contributed by atoms with Crippen molar-refractivity contribution in [2.45, 2.75) is 31.9 Å². The minimum absolute atomic E-state index is 0.0675. The number of amides is 1. The molecule has 9 heteroatoms. The number of nitrogens with one attached hydrogen (secondary N) is 1. The summed E-state index contributed by atoms with van der Waals surface area (Å²) in [5, 5.41) is 23.6. The molecule has 2 heterocycles. The van der Waals surface area contributed by atoms with Gasteiger partial charge >= 0.3 is 0 Å². The zero-order valence-electron chi connectivity index (χ0n) is 15.3. The minimum atomic E-state index is -0.707. The Hall–Kier alpha value is -2.62. The van der Waals surface area contributed by atoms with Crippen LogP contribution in [0.4, 0.5) is 5.82 Å². The number of thiazole rings is 1. The molecular weight excluding hydrogens is 378 g/mol. The van der Waals surface area contributed by atoms with Crippen LogP contribution < -0.4 is 11.1 Å². The number of carbonyl (C=O) groups excluding carboxylic acids is 1. The molecule has 4 rings (SSSR count). The van der Waals surface area contributed by atoms with Gasteiger partial charge in [0.15, 0.2) is 0 Å². The fraction of sp³-hybridized carbons (Fsp3) is 0.368.